The summed E-state index contributed by atoms with van der Waals surface area (Å²) in [7, 11) is 0. The number of amides is 1. The van der Waals surface area contributed by atoms with Crippen molar-refractivity contribution in [2.24, 2.45) is 5.92 Å². The Hall–Kier alpha value is -1.00. The molecule has 1 atom stereocenters. The molecule has 0 bridgehead atoms. The van der Waals surface area contributed by atoms with Crippen LogP contribution in [-0.2, 0) is 22.5 Å². The van der Waals surface area contributed by atoms with Crippen LogP contribution in [0.1, 0.15) is 17.5 Å². The summed E-state index contributed by atoms with van der Waals surface area (Å²) in [5.41, 5.74) is 2.70. The second-order valence-electron chi connectivity index (χ2n) is 5.20. The van der Waals surface area contributed by atoms with Crippen molar-refractivity contribution in [3.63, 3.8) is 0 Å². The van der Waals surface area contributed by atoms with Gasteiger partial charge >= 0.3 is 0 Å². The molecule has 1 aromatic rings. The highest BCUT2D eigenvalue weighted by atomic mass is 32.2. The number of fused-ring (bicyclic) bond motifs is 1. The molecule has 0 aromatic heterocycles. The largest absolute Gasteiger partial charge is 0.381 e. The smallest absolute Gasteiger partial charge is 0.228 e. The predicted molar refractivity (Wildman–Crippen MR) is 76.3 cm³/mol. The lowest BCUT2D eigenvalue weighted by Crippen LogP contribution is -2.40. The van der Waals surface area contributed by atoms with E-state index in [-0.39, 0.29) is 11.8 Å². The molecule has 0 aliphatic carbocycles. The standard InChI is InChI=1S/C15H19NO2S/c1-19-14-3-2-12-9-16(6-4-11(12)8-14)15(17)13-5-7-18-10-13/h2-3,8,13H,4-7,9-10H2,1H3. The Balaban J connectivity index is 1.73. The first-order valence-corrected chi connectivity index (χ1v) is 8.02. The second-order valence-corrected chi connectivity index (χ2v) is 6.08. The fourth-order valence-electron chi connectivity index (χ4n) is 2.83. The highest BCUT2D eigenvalue weighted by Crippen LogP contribution is 2.26. The molecule has 0 spiro atoms. The van der Waals surface area contributed by atoms with E-state index >= 15 is 0 Å². The van der Waals surface area contributed by atoms with Crippen LogP contribution in [0.4, 0.5) is 0 Å². The van der Waals surface area contributed by atoms with Gasteiger partial charge in [0.05, 0.1) is 12.5 Å². The monoisotopic (exact) mass is 277 g/mol. The molecule has 2 heterocycles. The Kier molecular flexibility index (Phi) is 3.80. The highest BCUT2D eigenvalue weighted by molar-refractivity contribution is 7.98. The third-order valence-corrected chi connectivity index (χ3v) is 4.74. The Bertz CT molecular complexity index is 483. The molecule has 2 aliphatic heterocycles. The minimum atomic E-state index is 0.0898. The third-order valence-electron chi connectivity index (χ3n) is 4.02. The van der Waals surface area contributed by atoms with Gasteiger partial charge in [-0.3, -0.25) is 4.79 Å². The second kappa shape index (κ2) is 5.55. The van der Waals surface area contributed by atoms with Crippen LogP contribution in [0.5, 0.6) is 0 Å². The van der Waals surface area contributed by atoms with E-state index < -0.39 is 0 Å². The van der Waals surface area contributed by atoms with Gasteiger partial charge in [-0.1, -0.05) is 6.07 Å². The number of ether oxygens (including phenoxy) is 1. The van der Waals surface area contributed by atoms with Gasteiger partial charge in [0.2, 0.25) is 5.91 Å². The zero-order chi connectivity index (χ0) is 13.2. The number of carbonyl (C=O) groups is 1. The average molecular weight is 277 g/mol. The van der Waals surface area contributed by atoms with Crippen molar-refractivity contribution in [2.45, 2.75) is 24.3 Å². The number of thioether (sulfide) groups is 1. The number of hydrogen-bond donors (Lipinski definition) is 0. The molecule has 1 amide bonds. The van der Waals surface area contributed by atoms with Gasteiger partial charge in [-0.25, -0.2) is 0 Å². The summed E-state index contributed by atoms with van der Waals surface area (Å²) in [6.07, 6.45) is 3.96. The van der Waals surface area contributed by atoms with Gasteiger partial charge in [-0.15, -0.1) is 11.8 Å². The molecule has 0 radical (unpaired) electrons. The summed E-state index contributed by atoms with van der Waals surface area (Å²) >= 11 is 1.77. The van der Waals surface area contributed by atoms with Crippen LogP contribution in [-0.4, -0.2) is 36.8 Å². The van der Waals surface area contributed by atoms with Gasteiger partial charge in [-0.2, -0.15) is 0 Å². The molecule has 1 saturated heterocycles. The van der Waals surface area contributed by atoms with Crippen molar-refractivity contribution in [1.82, 2.24) is 4.90 Å². The van der Waals surface area contributed by atoms with Crippen LogP contribution < -0.4 is 0 Å². The van der Waals surface area contributed by atoms with Gasteiger partial charge in [0.15, 0.2) is 0 Å². The van der Waals surface area contributed by atoms with Crippen molar-refractivity contribution in [3.05, 3.63) is 29.3 Å². The fourth-order valence-corrected chi connectivity index (χ4v) is 3.30. The number of benzene rings is 1. The van der Waals surface area contributed by atoms with E-state index in [1.165, 1.54) is 16.0 Å². The van der Waals surface area contributed by atoms with Gasteiger partial charge < -0.3 is 9.64 Å². The summed E-state index contributed by atoms with van der Waals surface area (Å²) in [4.78, 5) is 15.7. The molecule has 19 heavy (non-hydrogen) atoms. The van der Waals surface area contributed by atoms with Crippen molar-refractivity contribution in [2.75, 3.05) is 26.0 Å². The van der Waals surface area contributed by atoms with E-state index in [9.17, 15) is 4.79 Å². The number of hydrogen-bond acceptors (Lipinski definition) is 3. The van der Waals surface area contributed by atoms with E-state index in [0.717, 1.165) is 32.5 Å². The average Bonchev–Trinajstić information content (AvgIpc) is 2.99. The molecule has 1 aromatic carbocycles. The van der Waals surface area contributed by atoms with Crippen molar-refractivity contribution >= 4 is 17.7 Å². The number of rotatable bonds is 2. The molecule has 0 saturated carbocycles. The summed E-state index contributed by atoms with van der Waals surface area (Å²) in [6, 6.07) is 6.59. The lowest BCUT2D eigenvalue weighted by molar-refractivity contribution is -0.136. The maximum atomic E-state index is 12.4. The normalized spacial score (nSPS) is 22.4. The SMILES string of the molecule is CSc1ccc2c(c1)CCN(C(=O)C1CCOC1)C2. The molecule has 1 unspecified atom stereocenters. The van der Waals surface area contributed by atoms with Crippen LogP contribution in [0.15, 0.2) is 23.1 Å². The molecular formula is C15H19NO2S. The quantitative estimate of drug-likeness (QED) is 0.777. The number of nitrogens with zero attached hydrogens (tertiary/aromatic N) is 1. The molecular weight excluding hydrogens is 258 g/mol. The van der Waals surface area contributed by atoms with Crippen LogP contribution in [0.25, 0.3) is 0 Å². The first-order valence-electron chi connectivity index (χ1n) is 6.80. The maximum absolute atomic E-state index is 12.4. The van der Waals surface area contributed by atoms with Crippen LogP contribution >= 0.6 is 11.8 Å². The van der Waals surface area contributed by atoms with Gasteiger partial charge in [0, 0.05) is 24.6 Å². The fraction of sp³-hybridized carbons (Fsp3) is 0.533. The van der Waals surface area contributed by atoms with Crippen LogP contribution in [0, 0.1) is 5.92 Å². The summed E-state index contributed by atoms with van der Waals surface area (Å²) in [5, 5.41) is 0. The predicted octanol–water partition coefficient (Wildman–Crippen LogP) is 2.33. The van der Waals surface area contributed by atoms with Crippen molar-refractivity contribution in [1.29, 1.82) is 0 Å². The molecule has 1 fully saturated rings. The molecule has 2 aliphatic rings. The maximum Gasteiger partial charge on any atom is 0.228 e. The van der Waals surface area contributed by atoms with E-state index in [2.05, 4.69) is 24.5 Å². The summed E-state index contributed by atoms with van der Waals surface area (Å²) in [5.74, 6) is 0.365. The lowest BCUT2D eigenvalue weighted by atomic mass is 9.98. The van der Waals surface area contributed by atoms with Crippen molar-refractivity contribution in [3.8, 4) is 0 Å². The van der Waals surface area contributed by atoms with E-state index in [4.69, 9.17) is 4.74 Å². The number of carbonyl (C=O) groups excluding carboxylic acids is 1. The van der Waals surface area contributed by atoms with Crippen LogP contribution in [0.2, 0.25) is 0 Å². The van der Waals surface area contributed by atoms with Crippen LogP contribution in [0.3, 0.4) is 0 Å². The Morgan fingerprint density at radius 1 is 1.42 bits per heavy atom. The van der Waals surface area contributed by atoms with Gasteiger partial charge in [0.1, 0.15) is 0 Å². The molecule has 3 rings (SSSR count). The first kappa shape index (κ1) is 13.0. The molecule has 0 N–H and O–H groups in total. The van der Waals surface area contributed by atoms with E-state index in [1.807, 2.05) is 4.90 Å². The minimum Gasteiger partial charge on any atom is -0.381 e. The lowest BCUT2D eigenvalue weighted by Gasteiger charge is -2.30. The highest BCUT2D eigenvalue weighted by Gasteiger charge is 2.29. The zero-order valence-electron chi connectivity index (χ0n) is 11.2. The Labute approximate surface area is 118 Å². The molecule has 4 heteroatoms. The Morgan fingerprint density at radius 2 is 2.32 bits per heavy atom. The summed E-state index contributed by atoms with van der Waals surface area (Å²) < 4.78 is 5.32. The minimum absolute atomic E-state index is 0.0898. The first-order chi connectivity index (χ1) is 9.28. The summed E-state index contributed by atoms with van der Waals surface area (Å²) in [6.45, 7) is 2.95. The molecule has 102 valence electrons. The van der Waals surface area contributed by atoms with E-state index in [1.54, 1.807) is 11.8 Å². The van der Waals surface area contributed by atoms with Gasteiger partial charge in [0.25, 0.3) is 0 Å². The Morgan fingerprint density at radius 3 is 3.05 bits per heavy atom. The molecule has 3 nitrogen and oxygen atoms in total. The topological polar surface area (TPSA) is 29.5 Å². The third kappa shape index (κ3) is 2.65. The van der Waals surface area contributed by atoms with E-state index in [0.29, 0.717) is 6.61 Å². The van der Waals surface area contributed by atoms with Gasteiger partial charge in [-0.05, 0) is 42.4 Å². The zero-order valence-corrected chi connectivity index (χ0v) is 12.0. The van der Waals surface area contributed by atoms with Crippen molar-refractivity contribution < 1.29 is 9.53 Å².